The van der Waals surface area contributed by atoms with Gasteiger partial charge < -0.3 is 14.1 Å². The quantitative estimate of drug-likeness (QED) is 0.671. The monoisotopic (exact) mass is 353 g/mol. The summed E-state index contributed by atoms with van der Waals surface area (Å²) in [6.45, 7) is 2.18. The second-order valence-corrected chi connectivity index (χ2v) is 5.65. The Bertz CT molecular complexity index is 892. The molecule has 0 atom stereocenters. The standard InChI is InChI=1S/C18H19N5O3/c1-4-15-20-22-17(26-15)11-23(2)18(24)13-7-5-6-12(10-13)14-8-9-16(25-3)21-19-14/h5-10H,4,11H2,1-3H3. The molecule has 1 aromatic carbocycles. The van der Waals surface area contributed by atoms with Crippen molar-refractivity contribution in [3.8, 4) is 17.1 Å². The van der Waals surface area contributed by atoms with Gasteiger partial charge in [0, 0.05) is 30.7 Å². The van der Waals surface area contributed by atoms with Gasteiger partial charge in [-0.3, -0.25) is 4.79 Å². The van der Waals surface area contributed by atoms with Crippen LogP contribution in [0.15, 0.2) is 40.8 Å². The molecule has 26 heavy (non-hydrogen) atoms. The Kier molecular flexibility index (Phi) is 5.21. The molecule has 0 aliphatic carbocycles. The number of rotatable bonds is 6. The number of methoxy groups -OCH3 is 1. The van der Waals surface area contributed by atoms with Crippen molar-refractivity contribution in [2.24, 2.45) is 0 Å². The molecule has 0 aliphatic heterocycles. The van der Waals surface area contributed by atoms with Gasteiger partial charge in [-0.15, -0.1) is 20.4 Å². The highest BCUT2D eigenvalue weighted by Crippen LogP contribution is 2.20. The molecule has 0 N–H and O–H groups in total. The minimum absolute atomic E-state index is 0.149. The van der Waals surface area contributed by atoms with E-state index in [-0.39, 0.29) is 12.5 Å². The summed E-state index contributed by atoms with van der Waals surface area (Å²) in [4.78, 5) is 14.2. The van der Waals surface area contributed by atoms with Crippen molar-refractivity contribution in [1.29, 1.82) is 0 Å². The van der Waals surface area contributed by atoms with Crippen LogP contribution in [0, 0.1) is 0 Å². The molecule has 0 saturated carbocycles. The first-order valence-corrected chi connectivity index (χ1v) is 8.15. The molecule has 2 heterocycles. The molecule has 0 unspecified atom stereocenters. The van der Waals surface area contributed by atoms with Crippen LogP contribution in [-0.2, 0) is 13.0 Å². The predicted molar refractivity (Wildman–Crippen MR) is 93.5 cm³/mol. The molecule has 1 amide bonds. The van der Waals surface area contributed by atoms with Crippen molar-refractivity contribution in [3.63, 3.8) is 0 Å². The molecule has 0 fully saturated rings. The zero-order valence-corrected chi connectivity index (χ0v) is 14.8. The molecule has 0 bridgehead atoms. The van der Waals surface area contributed by atoms with E-state index >= 15 is 0 Å². The lowest BCUT2D eigenvalue weighted by atomic mass is 10.1. The third-order valence-electron chi connectivity index (χ3n) is 3.78. The Hall–Kier alpha value is -3.29. The molecular formula is C18H19N5O3. The number of carbonyl (C=O) groups is 1. The van der Waals surface area contributed by atoms with Gasteiger partial charge in [0.25, 0.3) is 5.91 Å². The number of amides is 1. The van der Waals surface area contributed by atoms with Crippen molar-refractivity contribution in [1.82, 2.24) is 25.3 Å². The number of hydrogen-bond acceptors (Lipinski definition) is 7. The molecular weight excluding hydrogens is 334 g/mol. The molecule has 0 spiro atoms. The van der Waals surface area contributed by atoms with E-state index in [0.29, 0.717) is 35.3 Å². The second kappa shape index (κ2) is 7.73. The lowest BCUT2D eigenvalue weighted by molar-refractivity contribution is 0.0772. The van der Waals surface area contributed by atoms with Crippen LogP contribution < -0.4 is 4.74 Å². The first-order valence-electron chi connectivity index (χ1n) is 8.15. The van der Waals surface area contributed by atoms with Crippen LogP contribution in [0.4, 0.5) is 0 Å². The van der Waals surface area contributed by atoms with E-state index in [1.165, 1.54) is 12.0 Å². The summed E-state index contributed by atoms with van der Waals surface area (Å²) in [6.07, 6.45) is 0.662. The van der Waals surface area contributed by atoms with Crippen molar-refractivity contribution in [3.05, 3.63) is 53.7 Å². The van der Waals surface area contributed by atoms with Crippen molar-refractivity contribution in [2.75, 3.05) is 14.2 Å². The number of nitrogens with zero attached hydrogens (tertiary/aromatic N) is 5. The fourth-order valence-corrected chi connectivity index (χ4v) is 2.38. The van der Waals surface area contributed by atoms with Crippen molar-refractivity contribution in [2.45, 2.75) is 19.9 Å². The van der Waals surface area contributed by atoms with Gasteiger partial charge >= 0.3 is 0 Å². The molecule has 3 rings (SSSR count). The highest BCUT2D eigenvalue weighted by atomic mass is 16.5. The summed E-state index contributed by atoms with van der Waals surface area (Å²) in [6, 6.07) is 10.7. The summed E-state index contributed by atoms with van der Waals surface area (Å²) in [5.74, 6) is 1.26. The molecule has 0 radical (unpaired) electrons. The van der Waals surface area contributed by atoms with Crippen LogP contribution >= 0.6 is 0 Å². The molecule has 8 heteroatoms. The maximum Gasteiger partial charge on any atom is 0.254 e. The van der Waals surface area contributed by atoms with Gasteiger partial charge in [0.15, 0.2) is 0 Å². The smallest absolute Gasteiger partial charge is 0.254 e. The SMILES string of the molecule is CCc1nnc(CN(C)C(=O)c2cccc(-c3ccc(OC)nn3)c2)o1. The fourth-order valence-electron chi connectivity index (χ4n) is 2.38. The number of aryl methyl sites for hydroxylation is 1. The zero-order chi connectivity index (χ0) is 18.5. The average molecular weight is 353 g/mol. The van der Waals surface area contributed by atoms with E-state index in [1.54, 1.807) is 31.3 Å². The Morgan fingerprint density at radius 1 is 1.12 bits per heavy atom. The van der Waals surface area contributed by atoms with E-state index < -0.39 is 0 Å². The third-order valence-corrected chi connectivity index (χ3v) is 3.78. The first-order chi connectivity index (χ1) is 12.6. The van der Waals surface area contributed by atoms with Crippen molar-refractivity contribution >= 4 is 5.91 Å². The minimum atomic E-state index is -0.149. The van der Waals surface area contributed by atoms with E-state index in [2.05, 4.69) is 20.4 Å². The summed E-state index contributed by atoms with van der Waals surface area (Å²) in [5, 5.41) is 15.9. The highest BCUT2D eigenvalue weighted by molar-refractivity contribution is 5.95. The van der Waals surface area contributed by atoms with Crippen LogP contribution in [0.3, 0.4) is 0 Å². The van der Waals surface area contributed by atoms with Crippen LogP contribution in [0.2, 0.25) is 0 Å². The predicted octanol–water partition coefficient (Wildman–Crippen LogP) is 2.37. The molecule has 0 saturated heterocycles. The summed E-state index contributed by atoms with van der Waals surface area (Å²) >= 11 is 0. The zero-order valence-electron chi connectivity index (χ0n) is 14.8. The van der Waals surface area contributed by atoms with E-state index in [1.807, 2.05) is 19.1 Å². The van der Waals surface area contributed by atoms with Gasteiger partial charge in [-0.05, 0) is 18.2 Å². The number of aromatic nitrogens is 4. The largest absolute Gasteiger partial charge is 0.480 e. The van der Waals surface area contributed by atoms with Crippen LogP contribution in [0.25, 0.3) is 11.3 Å². The molecule has 0 aliphatic rings. The molecule has 8 nitrogen and oxygen atoms in total. The highest BCUT2D eigenvalue weighted by Gasteiger charge is 2.16. The summed E-state index contributed by atoms with van der Waals surface area (Å²) in [5.41, 5.74) is 2.00. The van der Waals surface area contributed by atoms with Crippen LogP contribution in [-0.4, -0.2) is 45.4 Å². The van der Waals surface area contributed by atoms with Crippen molar-refractivity contribution < 1.29 is 13.9 Å². The summed E-state index contributed by atoms with van der Waals surface area (Å²) < 4.78 is 10.5. The summed E-state index contributed by atoms with van der Waals surface area (Å²) in [7, 11) is 3.23. The Morgan fingerprint density at radius 2 is 1.92 bits per heavy atom. The average Bonchev–Trinajstić information content (AvgIpc) is 3.15. The van der Waals surface area contributed by atoms with Gasteiger partial charge in [-0.25, -0.2) is 0 Å². The Balaban J connectivity index is 1.76. The van der Waals surface area contributed by atoms with E-state index in [9.17, 15) is 4.79 Å². The molecule has 3 aromatic rings. The first kappa shape index (κ1) is 17.5. The second-order valence-electron chi connectivity index (χ2n) is 5.65. The van der Waals surface area contributed by atoms with Gasteiger partial charge in [0.2, 0.25) is 17.7 Å². The van der Waals surface area contributed by atoms with Gasteiger partial charge in [-0.2, -0.15) is 0 Å². The number of ether oxygens (including phenoxy) is 1. The Labute approximate surface area is 150 Å². The maximum absolute atomic E-state index is 12.7. The van der Waals surface area contributed by atoms with Gasteiger partial charge in [0.05, 0.1) is 19.3 Å². The lowest BCUT2D eigenvalue weighted by Gasteiger charge is -2.15. The number of hydrogen-bond donors (Lipinski definition) is 0. The van der Waals surface area contributed by atoms with Crippen LogP contribution in [0.1, 0.15) is 29.1 Å². The number of carbonyl (C=O) groups excluding carboxylic acids is 1. The van der Waals surface area contributed by atoms with Gasteiger partial charge in [0.1, 0.15) is 0 Å². The molecule has 2 aromatic heterocycles. The topological polar surface area (TPSA) is 94.2 Å². The lowest BCUT2D eigenvalue weighted by Crippen LogP contribution is -2.26. The van der Waals surface area contributed by atoms with Crippen LogP contribution in [0.5, 0.6) is 5.88 Å². The fraction of sp³-hybridized carbons (Fsp3) is 0.278. The normalized spacial score (nSPS) is 10.6. The van der Waals surface area contributed by atoms with E-state index in [0.717, 1.165) is 5.56 Å². The maximum atomic E-state index is 12.7. The van der Waals surface area contributed by atoms with E-state index in [4.69, 9.17) is 9.15 Å². The number of benzene rings is 1. The molecule has 134 valence electrons. The third kappa shape index (κ3) is 3.85. The minimum Gasteiger partial charge on any atom is -0.480 e. The Morgan fingerprint density at radius 3 is 2.58 bits per heavy atom. The van der Waals surface area contributed by atoms with Gasteiger partial charge in [-0.1, -0.05) is 19.1 Å².